The molecule has 15 heavy (non-hydrogen) atoms. The summed E-state index contributed by atoms with van der Waals surface area (Å²) in [6, 6.07) is 0. The SMILES string of the molecule is C#CCC(OC(CC#C)C(=C)O)C(=C)O. The van der Waals surface area contributed by atoms with Crippen LogP contribution in [-0.4, -0.2) is 22.4 Å². The molecule has 0 aliphatic rings. The smallest absolute Gasteiger partial charge is 0.125 e. The van der Waals surface area contributed by atoms with Gasteiger partial charge in [0, 0.05) is 12.8 Å². The lowest BCUT2D eigenvalue weighted by Crippen LogP contribution is -2.24. The van der Waals surface area contributed by atoms with Crippen molar-refractivity contribution in [3.8, 4) is 24.7 Å². The average molecular weight is 206 g/mol. The van der Waals surface area contributed by atoms with Crippen LogP contribution in [0.2, 0.25) is 0 Å². The molecule has 0 heterocycles. The van der Waals surface area contributed by atoms with E-state index >= 15 is 0 Å². The highest BCUT2D eigenvalue weighted by Crippen LogP contribution is 2.14. The summed E-state index contributed by atoms with van der Waals surface area (Å²) < 4.78 is 5.27. The van der Waals surface area contributed by atoms with Gasteiger partial charge in [0.25, 0.3) is 0 Å². The Hall–Kier alpha value is -1.84. The topological polar surface area (TPSA) is 49.7 Å². The van der Waals surface area contributed by atoms with E-state index in [1.807, 2.05) is 0 Å². The van der Waals surface area contributed by atoms with Crippen molar-refractivity contribution in [2.45, 2.75) is 25.0 Å². The van der Waals surface area contributed by atoms with Gasteiger partial charge in [-0.15, -0.1) is 24.7 Å². The summed E-state index contributed by atoms with van der Waals surface area (Å²) in [5, 5.41) is 18.3. The van der Waals surface area contributed by atoms with Crippen LogP contribution in [0.4, 0.5) is 0 Å². The maximum Gasteiger partial charge on any atom is 0.125 e. The zero-order valence-electron chi connectivity index (χ0n) is 8.44. The highest BCUT2D eigenvalue weighted by Gasteiger charge is 2.19. The molecule has 0 bridgehead atoms. The molecular formula is C12H14O3. The molecule has 0 aromatic rings. The molecule has 3 heteroatoms. The maximum absolute atomic E-state index is 9.16. The van der Waals surface area contributed by atoms with Crippen LogP contribution in [0.1, 0.15) is 12.8 Å². The predicted molar refractivity (Wildman–Crippen MR) is 59.1 cm³/mol. The monoisotopic (exact) mass is 206 g/mol. The minimum Gasteiger partial charge on any atom is -0.510 e. The Morgan fingerprint density at radius 3 is 1.60 bits per heavy atom. The molecule has 2 N–H and O–H groups in total. The van der Waals surface area contributed by atoms with Crippen LogP contribution < -0.4 is 0 Å². The summed E-state index contributed by atoms with van der Waals surface area (Å²) in [6.07, 6.45) is 9.01. The molecule has 0 aliphatic heterocycles. The molecule has 2 atom stereocenters. The number of ether oxygens (including phenoxy) is 1. The fraction of sp³-hybridized carbons (Fsp3) is 0.333. The Morgan fingerprint density at radius 1 is 1.07 bits per heavy atom. The Labute approximate surface area is 90.1 Å². The molecule has 0 radical (unpaired) electrons. The third-order valence-corrected chi connectivity index (χ3v) is 1.68. The third kappa shape index (κ3) is 4.81. The normalized spacial score (nSPS) is 13.2. The first kappa shape index (κ1) is 13.2. The minimum atomic E-state index is -0.739. The quantitative estimate of drug-likeness (QED) is 0.515. The van der Waals surface area contributed by atoms with Crippen LogP contribution in [-0.2, 0) is 4.74 Å². The van der Waals surface area contributed by atoms with Crippen LogP contribution in [0.5, 0.6) is 0 Å². The number of aliphatic hydroxyl groups excluding tert-OH is 2. The van der Waals surface area contributed by atoms with Crippen LogP contribution in [0.3, 0.4) is 0 Å². The predicted octanol–water partition coefficient (Wildman–Crippen LogP) is 1.93. The molecule has 0 saturated heterocycles. The number of terminal acetylenes is 2. The van der Waals surface area contributed by atoms with Crippen molar-refractivity contribution in [2.24, 2.45) is 0 Å². The first-order valence-electron chi connectivity index (χ1n) is 4.30. The van der Waals surface area contributed by atoms with Gasteiger partial charge in [-0.1, -0.05) is 13.2 Å². The fourth-order valence-electron chi connectivity index (χ4n) is 0.901. The van der Waals surface area contributed by atoms with E-state index < -0.39 is 12.2 Å². The molecule has 0 spiro atoms. The first-order valence-corrected chi connectivity index (χ1v) is 4.30. The Kier molecular flexibility index (Phi) is 5.78. The van der Waals surface area contributed by atoms with Gasteiger partial charge in [-0.2, -0.15) is 0 Å². The van der Waals surface area contributed by atoms with Crippen molar-refractivity contribution in [1.29, 1.82) is 0 Å². The molecule has 0 rings (SSSR count). The van der Waals surface area contributed by atoms with E-state index in [-0.39, 0.29) is 24.4 Å². The standard InChI is InChI=1S/C12H14O3/c1-5-7-11(9(3)13)15-12(8-6-2)10(4)14/h1-2,11-14H,3-4,7-8H2. The molecule has 80 valence electrons. The number of hydrogen-bond acceptors (Lipinski definition) is 3. The van der Waals surface area contributed by atoms with Crippen molar-refractivity contribution >= 4 is 0 Å². The molecule has 2 unspecified atom stereocenters. The zero-order valence-corrected chi connectivity index (χ0v) is 8.44. The van der Waals surface area contributed by atoms with Gasteiger partial charge in [-0.25, -0.2) is 0 Å². The lowest BCUT2D eigenvalue weighted by Gasteiger charge is -2.20. The summed E-state index contributed by atoms with van der Waals surface area (Å²) in [7, 11) is 0. The van der Waals surface area contributed by atoms with Crippen LogP contribution >= 0.6 is 0 Å². The third-order valence-electron chi connectivity index (χ3n) is 1.68. The van der Waals surface area contributed by atoms with Gasteiger partial charge >= 0.3 is 0 Å². The van der Waals surface area contributed by atoms with Gasteiger partial charge in [-0.3, -0.25) is 0 Å². The summed E-state index contributed by atoms with van der Waals surface area (Å²) in [5.74, 6) is 4.26. The van der Waals surface area contributed by atoms with E-state index in [0.29, 0.717) is 0 Å². The molecule has 0 aromatic carbocycles. The Balaban J connectivity index is 4.49. The van der Waals surface area contributed by atoms with Gasteiger partial charge in [-0.05, 0) is 0 Å². The van der Waals surface area contributed by atoms with Crippen molar-refractivity contribution in [2.75, 3.05) is 0 Å². The Morgan fingerprint density at radius 2 is 1.40 bits per heavy atom. The van der Waals surface area contributed by atoms with E-state index in [9.17, 15) is 0 Å². The van der Waals surface area contributed by atoms with Crippen molar-refractivity contribution in [3.05, 3.63) is 24.7 Å². The van der Waals surface area contributed by atoms with E-state index in [1.54, 1.807) is 0 Å². The van der Waals surface area contributed by atoms with E-state index in [0.717, 1.165) is 0 Å². The van der Waals surface area contributed by atoms with Gasteiger partial charge in [0.05, 0.1) is 0 Å². The minimum absolute atomic E-state index is 0.156. The largest absolute Gasteiger partial charge is 0.510 e. The molecule has 0 fully saturated rings. The summed E-state index contributed by atoms with van der Waals surface area (Å²) in [5.41, 5.74) is 0. The van der Waals surface area contributed by atoms with E-state index in [1.165, 1.54) is 0 Å². The Bertz CT molecular complexity index is 285. The van der Waals surface area contributed by atoms with Crippen LogP contribution in [0.25, 0.3) is 0 Å². The molecular weight excluding hydrogens is 192 g/mol. The second-order valence-electron chi connectivity index (χ2n) is 2.91. The number of aliphatic hydroxyl groups is 2. The lowest BCUT2D eigenvalue weighted by molar-refractivity contribution is -0.00571. The molecule has 3 nitrogen and oxygen atoms in total. The van der Waals surface area contributed by atoms with Crippen LogP contribution in [0, 0.1) is 24.7 Å². The molecule has 0 saturated carbocycles. The first-order chi connectivity index (χ1) is 7.02. The van der Waals surface area contributed by atoms with Gasteiger partial charge < -0.3 is 14.9 Å². The second kappa shape index (κ2) is 6.59. The highest BCUT2D eigenvalue weighted by atomic mass is 16.5. The molecule has 0 aromatic heterocycles. The summed E-state index contributed by atoms with van der Waals surface area (Å²) >= 11 is 0. The fourth-order valence-corrected chi connectivity index (χ4v) is 0.901. The maximum atomic E-state index is 9.16. The van der Waals surface area contributed by atoms with Crippen molar-refractivity contribution in [1.82, 2.24) is 0 Å². The average Bonchev–Trinajstić information content (AvgIpc) is 2.15. The van der Waals surface area contributed by atoms with E-state index in [2.05, 4.69) is 25.0 Å². The van der Waals surface area contributed by atoms with Crippen molar-refractivity contribution in [3.63, 3.8) is 0 Å². The molecule has 0 aliphatic carbocycles. The van der Waals surface area contributed by atoms with Crippen molar-refractivity contribution < 1.29 is 14.9 Å². The number of hydrogen-bond donors (Lipinski definition) is 2. The van der Waals surface area contributed by atoms with Gasteiger partial charge in [0.2, 0.25) is 0 Å². The lowest BCUT2D eigenvalue weighted by atomic mass is 10.2. The molecule has 0 amide bonds. The second-order valence-corrected chi connectivity index (χ2v) is 2.91. The number of rotatable bonds is 6. The summed E-state index contributed by atoms with van der Waals surface area (Å²) in [6.45, 7) is 6.64. The zero-order chi connectivity index (χ0) is 11.8. The van der Waals surface area contributed by atoms with Gasteiger partial charge in [0.15, 0.2) is 0 Å². The van der Waals surface area contributed by atoms with E-state index in [4.69, 9.17) is 27.8 Å². The van der Waals surface area contributed by atoms with Crippen LogP contribution in [0.15, 0.2) is 24.7 Å². The van der Waals surface area contributed by atoms with Gasteiger partial charge in [0.1, 0.15) is 23.7 Å². The highest BCUT2D eigenvalue weighted by molar-refractivity contribution is 5.04. The summed E-state index contributed by atoms with van der Waals surface area (Å²) in [4.78, 5) is 0.